The van der Waals surface area contributed by atoms with Crippen molar-refractivity contribution in [1.82, 2.24) is 25.4 Å². The molecule has 0 saturated heterocycles. The van der Waals surface area contributed by atoms with Gasteiger partial charge >= 0.3 is 6.03 Å². The molecule has 0 aliphatic carbocycles. The number of amides is 4. The van der Waals surface area contributed by atoms with E-state index in [9.17, 15) is 14.4 Å². The third-order valence-corrected chi connectivity index (χ3v) is 5.51. The molecule has 32 heavy (non-hydrogen) atoms. The van der Waals surface area contributed by atoms with E-state index in [0.717, 1.165) is 16.8 Å². The number of aryl methyl sites for hydroxylation is 1. The molecule has 0 fully saturated rings. The predicted octanol–water partition coefficient (Wildman–Crippen LogP) is 2.06. The minimum Gasteiger partial charge on any atom is -0.349 e. The van der Waals surface area contributed by atoms with Crippen LogP contribution in [0.1, 0.15) is 22.9 Å². The summed E-state index contributed by atoms with van der Waals surface area (Å²) in [4.78, 5) is 45.8. The minimum absolute atomic E-state index is 0.102. The van der Waals surface area contributed by atoms with Crippen molar-refractivity contribution < 1.29 is 14.4 Å². The maximum Gasteiger partial charge on any atom is 0.322 e. The molecule has 2 aliphatic rings. The molecule has 2 aromatic rings. The highest BCUT2D eigenvalue weighted by molar-refractivity contribution is 6.03. The van der Waals surface area contributed by atoms with Gasteiger partial charge in [-0.1, -0.05) is 42.0 Å². The summed E-state index contributed by atoms with van der Waals surface area (Å²) in [5.74, 6) is -0.543. The minimum atomic E-state index is -0.562. The number of aromatic nitrogens is 1. The third-order valence-electron chi connectivity index (χ3n) is 5.51. The van der Waals surface area contributed by atoms with Gasteiger partial charge in [0.05, 0.1) is 36.1 Å². The SMILES string of the molecule is C=CCN1C(=O)NC(c2cccc(C)c2)C2=C1CN(CC(=O)NCc1ccccn1)C2=O. The predicted molar refractivity (Wildman–Crippen MR) is 119 cm³/mol. The Balaban J connectivity index is 1.54. The third kappa shape index (κ3) is 4.25. The first-order valence-electron chi connectivity index (χ1n) is 10.4. The smallest absolute Gasteiger partial charge is 0.322 e. The number of hydrogen-bond acceptors (Lipinski definition) is 4. The van der Waals surface area contributed by atoms with Gasteiger partial charge in [-0.2, -0.15) is 0 Å². The Morgan fingerprint density at radius 3 is 2.84 bits per heavy atom. The van der Waals surface area contributed by atoms with Gasteiger partial charge in [0.15, 0.2) is 0 Å². The van der Waals surface area contributed by atoms with Crippen molar-refractivity contribution in [2.24, 2.45) is 0 Å². The highest BCUT2D eigenvalue weighted by atomic mass is 16.2. The van der Waals surface area contributed by atoms with Crippen molar-refractivity contribution in [2.75, 3.05) is 19.6 Å². The summed E-state index contributed by atoms with van der Waals surface area (Å²) in [5, 5.41) is 5.74. The van der Waals surface area contributed by atoms with Gasteiger partial charge in [-0.05, 0) is 24.6 Å². The molecule has 1 aromatic carbocycles. The lowest BCUT2D eigenvalue weighted by Crippen LogP contribution is -2.47. The van der Waals surface area contributed by atoms with Crippen LogP contribution in [0.2, 0.25) is 0 Å². The number of nitrogens with one attached hydrogen (secondary N) is 2. The van der Waals surface area contributed by atoms with Crippen LogP contribution in [-0.4, -0.2) is 52.3 Å². The molecule has 1 unspecified atom stereocenters. The lowest BCUT2D eigenvalue weighted by atomic mass is 9.94. The highest BCUT2D eigenvalue weighted by Gasteiger charge is 2.44. The fraction of sp³-hybridized carbons (Fsp3) is 0.250. The molecule has 1 aromatic heterocycles. The maximum atomic E-state index is 13.3. The van der Waals surface area contributed by atoms with E-state index in [-0.39, 0.29) is 44.0 Å². The molecule has 164 valence electrons. The molecule has 4 amide bonds. The van der Waals surface area contributed by atoms with Gasteiger partial charge in [0.25, 0.3) is 5.91 Å². The van der Waals surface area contributed by atoms with Crippen molar-refractivity contribution in [3.63, 3.8) is 0 Å². The fourth-order valence-electron chi connectivity index (χ4n) is 4.02. The molecule has 0 saturated carbocycles. The Morgan fingerprint density at radius 1 is 1.28 bits per heavy atom. The summed E-state index contributed by atoms with van der Waals surface area (Å²) in [6.45, 7) is 6.32. The summed E-state index contributed by atoms with van der Waals surface area (Å²) >= 11 is 0. The Bertz CT molecular complexity index is 1100. The van der Waals surface area contributed by atoms with Crippen molar-refractivity contribution in [2.45, 2.75) is 19.5 Å². The molecule has 2 N–H and O–H groups in total. The van der Waals surface area contributed by atoms with Crippen molar-refractivity contribution in [3.05, 3.63) is 89.4 Å². The first-order valence-corrected chi connectivity index (χ1v) is 10.4. The van der Waals surface area contributed by atoms with E-state index in [2.05, 4.69) is 22.2 Å². The second-order valence-corrected chi connectivity index (χ2v) is 7.82. The van der Waals surface area contributed by atoms with Crippen molar-refractivity contribution in [3.8, 4) is 0 Å². The first-order chi connectivity index (χ1) is 15.5. The fourth-order valence-corrected chi connectivity index (χ4v) is 4.02. The number of urea groups is 1. The Kier molecular flexibility index (Phi) is 6.02. The standard InChI is InChI=1S/C24H25N5O3/c1-3-11-29-19-14-28(15-20(30)26-13-18-9-4-5-10-25-18)23(31)21(19)22(27-24(29)32)17-8-6-7-16(2)12-17/h3-10,12,22H,1,11,13-15H2,2H3,(H,26,30)(H,27,32). The van der Waals surface area contributed by atoms with Crippen LogP contribution in [0.15, 0.2) is 72.6 Å². The second-order valence-electron chi connectivity index (χ2n) is 7.82. The topological polar surface area (TPSA) is 94.6 Å². The van der Waals surface area contributed by atoms with Crippen LogP contribution >= 0.6 is 0 Å². The van der Waals surface area contributed by atoms with E-state index in [4.69, 9.17) is 0 Å². The number of benzene rings is 1. The Morgan fingerprint density at radius 2 is 2.12 bits per heavy atom. The molecule has 2 aliphatic heterocycles. The van der Waals surface area contributed by atoms with Gasteiger partial charge in [-0.25, -0.2) is 4.79 Å². The van der Waals surface area contributed by atoms with Gasteiger partial charge in [-0.3, -0.25) is 19.5 Å². The summed E-state index contributed by atoms with van der Waals surface area (Å²) in [7, 11) is 0. The average molecular weight is 431 g/mol. The van der Waals surface area contributed by atoms with Crippen LogP contribution in [0, 0.1) is 6.92 Å². The molecule has 8 heteroatoms. The van der Waals surface area contributed by atoms with E-state index >= 15 is 0 Å². The number of pyridine rings is 1. The largest absolute Gasteiger partial charge is 0.349 e. The van der Waals surface area contributed by atoms with E-state index in [1.54, 1.807) is 18.3 Å². The molecular weight excluding hydrogens is 406 g/mol. The van der Waals surface area contributed by atoms with Crippen LogP contribution in [-0.2, 0) is 16.1 Å². The molecule has 1 atom stereocenters. The van der Waals surface area contributed by atoms with Crippen molar-refractivity contribution >= 4 is 17.8 Å². The monoisotopic (exact) mass is 431 g/mol. The number of hydrogen-bond donors (Lipinski definition) is 2. The number of rotatable bonds is 7. The number of carbonyl (C=O) groups is 3. The second kappa shape index (κ2) is 9.05. The van der Waals surface area contributed by atoms with E-state index in [0.29, 0.717) is 11.3 Å². The highest BCUT2D eigenvalue weighted by Crippen LogP contribution is 2.36. The maximum absolute atomic E-state index is 13.3. The van der Waals surface area contributed by atoms with Crippen LogP contribution < -0.4 is 10.6 Å². The Hall–Kier alpha value is -3.94. The van der Waals surface area contributed by atoms with Gasteiger partial charge < -0.3 is 15.5 Å². The van der Waals surface area contributed by atoms with Gasteiger partial charge in [0.2, 0.25) is 5.91 Å². The van der Waals surface area contributed by atoms with Crippen LogP contribution in [0.25, 0.3) is 0 Å². The van der Waals surface area contributed by atoms with Crippen LogP contribution in [0.4, 0.5) is 4.79 Å². The number of carbonyl (C=O) groups excluding carboxylic acids is 3. The lowest BCUT2D eigenvalue weighted by molar-refractivity contribution is -0.132. The zero-order chi connectivity index (χ0) is 22.7. The zero-order valence-electron chi connectivity index (χ0n) is 17.9. The van der Waals surface area contributed by atoms with E-state index in [1.165, 1.54) is 9.80 Å². The molecule has 0 bridgehead atoms. The molecule has 3 heterocycles. The van der Waals surface area contributed by atoms with Crippen molar-refractivity contribution in [1.29, 1.82) is 0 Å². The van der Waals surface area contributed by atoms with Gasteiger partial charge in [-0.15, -0.1) is 6.58 Å². The van der Waals surface area contributed by atoms with Gasteiger partial charge in [0, 0.05) is 12.7 Å². The first kappa shape index (κ1) is 21.3. The van der Waals surface area contributed by atoms with E-state index < -0.39 is 6.04 Å². The lowest BCUT2D eigenvalue weighted by Gasteiger charge is -2.33. The van der Waals surface area contributed by atoms with Gasteiger partial charge in [0.1, 0.15) is 6.54 Å². The van der Waals surface area contributed by atoms with Crippen LogP contribution in [0.3, 0.4) is 0 Å². The molecule has 0 radical (unpaired) electrons. The van der Waals surface area contributed by atoms with Crippen LogP contribution in [0.5, 0.6) is 0 Å². The summed E-state index contributed by atoms with van der Waals surface area (Å²) in [6.07, 6.45) is 3.27. The molecule has 4 rings (SSSR count). The molecule has 0 spiro atoms. The quantitative estimate of drug-likeness (QED) is 0.656. The Labute approximate surface area is 186 Å². The summed E-state index contributed by atoms with van der Waals surface area (Å²) < 4.78 is 0. The average Bonchev–Trinajstić information content (AvgIpc) is 3.10. The molecule has 8 nitrogen and oxygen atoms in total. The molecular formula is C24H25N5O3. The zero-order valence-corrected chi connectivity index (χ0v) is 17.9. The van der Waals surface area contributed by atoms with E-state index in [1.807, 2.05) is 43.3 Å². The summed E-state index contributed by atoms with van der Waals surface area (Å²) in [6, 6.07) is 12.3. The summed E-state index contributed by atoms with van der Waals surface area (Å²) in [5.41, 5.74) is 3.71. The number of nitrogens with zero attached hydrogens (tertiary/aromatic N) is 3. The normalized spacial score (nSPS) is 17.8.